The van der Waals surface area contributed by atoms with E-state index in [0.717, 1.165) is 39.0 Å². The van der Waals surface area contributed by atoms with Gasteiger partial charge in [-0.1, -0.05) is 13.3 Å². The number of rotatable bonds is 8. The number of ether oxygens (including phenoxy) is 2. The number of carbonyl (C=O) groups excluding carboxylic acids is 1. The minimum absolute atomic E-state index is 0.239. The van der Waals surface area contributed by atoms with Gasteiger partial charge in [-0.15, -0.1) is 0 Å². The average molecular weight is 286 g/mol. The maximum Gasteiger partial charge on any atom is 0.407 e. The lowest BCUT2D eigenvalue weighted by Gasteiger charge is -2.36. The van der Waals surface area contributed by atoms with Crippen LogP contribution in [0, 0.1) is 0 Å². The molecule has 0 aromatic carbocycles. The van der Waals surface area contributed by atoms with Gasteiger partial charge in [0.2, 0.25) is 0 Å². The van der Waals surface area contributed by atoms with E-state index in [9.17, 15) is 4.79 Å². The number of amides is 1. The van der Waals surface area contributed by atoms with E-state index in [0.29, 0.717) is 6.04 Å². The lowest BCUT2D eigenvalue weighted by molar-refractivity contribution is 0.0462. The van der Waals surface area contributed by atoms with Gasteiger partial charge in [0.25, 0.3) is 0 Å². The fourth-order valence-electron chi connectivity index (χ4n) is 2.06. The Labute approximate surface area is 122 Å². The molecule has 1 fully saturated rings. The van der Waals surface area contributed by atoms with Crippen LogP contribution in [-0.4, -0.2) is 43.5 Å². The molecule has 1 amide bonds. The normalized spacial score (nSPS) is 22.2. The van der Waals surface area contributed by atoms with Crippen molar-refractivity contribution in [2.24, 2.45) is 0 Å². The van der Waals surface area contributed by atoms with Gasteiger partial charge in [0.05, 0.1) is 6.61 Å². The molecule has 5 nitrogen and oxygen atoms in total. The molecule has 0 atom stereocenters. The molecule has 0 heterocycles. The molecule has 5 heteroatoms. The zero-order chi connectivity index (χ0) is 15.0. The van der Waals surface area contributed by atoms with E-state index in [2.05, 4.69) is 17.6 Å². The Hall–Kier alpha value is -0.810. The Morgan fingerprint density at radius 3 is 2.50 bits per heavy atom. The summed E-state index contributed by atoms with van der Waals surface area (Å²) >= 11 is 0. The molecular formula is C15H30N2O3. The quantitative estimate of drug-likeness (QED) is 0.673. The Bertz CT molecular complexity index is 283. The molecule has 0 bridgehead atoms. The highest BCUT2D eigenvalue weighted by atomic mass is 16.6. The Kier molecular flexibility index (Phi) is 7.30. The van der Waals surface area contributed by atoms with Crippen LogP contribution in [0.4, 0.5) is 4.79 Å². The Morgan fingerprint density at radius 1 is 1.20 bits per heavy atom. The third-order valence-electron chi connectivity index (χ3n) is 3.18. The second-order valence-electron chi connectivity index (χ2n) is 6.43. The summed E-state index contributed by atoms with van der Waals surface area (Å²) in [5.41, 5.74) is -0.429. The molecule has 1 saturated carbocycles. The van der Waals surface area contributed by atoms with Crippen molar-refractivity contribution in [3.63, 3.8) is 0 Å². The molecule has 1 aliphatic carbocycles. The molecule has 0 aliphatic heterocycles. The van der Waals surface area contributed by atoms with Crippen LogP contribution < -0.4 is 10.6 Å². The molecule has 0 unspecified atom stereocenters. The molecule has 2 N–H and O–H groups in total. The summed E-state index contributed by atoms with van der Waals surface area (Å²) in [4.78, 5) is 11.6. The third-order valence-corrected chi connectivity index (χ3v) is 3.18. The maximum absolute atomic E-state index is 11.6. The van der Waals surface area contributed by atoms with Crippen LogP contribution >= 0.6 is 0 Å². The molecule has 0 radical (unpaired) electrons. The SMILES string of the molecule is CCCCOCCNC1CC(NC(=O)OC(C)(C)C)C1. The Morgan fingerprint density at radius 2 is 1.90 bits per heavy atom. The van der Waals surface area contributed by atoms with Crippen molar-refractivity contribution in [3.8, 4) is 0 Å². The van der Waals surface area contributed by atoms with Crippen molar-refractivity contribution >= 4 is 6.09 Å². The van der Waals surface area contributed by atoms with E-state index < -0.39 is 5.60 Å². The predicted molar refractivity (Wildman–Crippen MR) is 79.9 cm³/mol. The van der Waals surface area contributed by atoms with E-state index in [-0.39, 0.29) is 12.1 Å². The largest absolute Gasteiger partial charge is 0.444 e. The van der Waals surface area contributed by atoms with E-state index in [1.54, 1.807) is 0 Å². The van der Waals surface area contributed by atoms with Crippen LogP contribution in [0.5, 0.6) is 0 Å². The first-order valence-corrected chi connectivity index (χ1v) is 7.71. The van der Waals surface area contributed by atoms with E-state index in [4.69, 9.17) is 9.47 Å². The highest BCUT2D eigenvalue weighted by Gasteiger charge is 2.31. The fraction of sp³-hybridized carbons (Fsp3) is 0.933. The Balaban J connectivity index is 1.96. The first-order chi connectivity index (χ1) is 9.40. The molecular weight excluding hydrogens is 256 g/mol. The van der Waals surface area contributed by atoms with Crippen LogP contribution in [0.2, 0.25) is 0 Å². The highest BCUT2D eigenvalue weighted by Crippen LogP contribution is 2.20. The van der Waals surface area contributed by atoms with Crippen molar-refractivity contribution in [2.45, 2.75) is 71.1 Å². The van der Waals surface area contributed by atoms with Crippen molar-refractivity contribution in [2.75, 3.05) is 19.8 Å². The molecule has 0 aromatic heterocycles. The summed E-state index contributed by atoms with van der Waals surface area (Å²) < 4.78 is 10.7. The van der Waals surface area contributed by atoms with Gasteiger partial charge in [-0.2, -0.15) is 0 Å². The molecule has 0 saturated heterocycles. The van der Waals surface area contributed by atoms with Gasteiger partial charge in [0.15, 0.2) is 0 Å². The lowest BCUT2D eigenvalue weighted by atomic mass is 9.87. The molecule has 0 aromatic rings. The van der Waals surface area contributed by atoms with E-state index >= 15 is 0 Å². The summed E-state index contributed by atoms with van der Waals surface area (Å²) in [5.74, 6) is 0. The summed E-state index contributed by atoms with van der Waals surface area (Å²) in [6.07, 6.45) is 3.92. The summed E-state index contributed by atoms with van der Waals surface area (Å²) in [7, 11) is 0. The standard InChI is InChI=1S/C15H30N2O3/c1-5-6-8-19-9-7-16-12-10-13(11-12)17-14(18)20-15(2,3)4/h12-13,16H,5-11H2,1-4H3,(H,17,18). The number of nitrogens with one attached hydrogen (secondary N) is 2. The second-order valence-corrected chi connectivity index (χ2v) is 6.43. The van der Waals surface area contributed by atoms with Gasteiger partial charge in [-0.3, -0.25) is 0 Å². The van der Waals surface area contributed by atoms with E-state index in [1.165, 1.54) is 6.42 Å². The number of unbranched alkanes of at least 4 members (excludes halogenated alkanes) is 1. The third kappa shape index (κ3) is 7.70. The topological polar surface area (TPSA) is 59.6 Å². The monoisotopic (exact) mass is 286 g/mol. The molecule has 1 rings (SSSR count). The van der Waals surface area contributed by atoms with Gasteiger partial charge in [-0.25, -0.2) is 4.79 Å². The second kappa shape index (κ2) is 8.47. The van der Waals surface area contributed by atoms with Crippen molar-refractivity contribution < 1.29 is 14.3 Å². The smallest absolute Gasteiger partial charge is 0.407 e. The number of hydrogen-bond donors (Lipinski definition) is 2. The van der Waals surface area contributed by atoms with Gasteiger partial charge in [0.1, 0.15) is 5.60 Å². The first-order valence-electron chi connectivity index (χ1n) is 7.71. The lowest BCUT2D eigenvalue weighted by Crippen LogP contribution is -2.53. The average Bonchev–Trinajstić information content (AvgIpc) is 2.27. The number of hydrogen-bond acceptors (Lipinski definition) is 4. The first kappa shape index (κ1) is 17.2. The van der Waals surface area contributed by atoms with Crippen molar-refractivity contribution in [1.82, 2.24) is 10.6 Å². The van der Waals surface area contributed by atoms with Crippen molar-refractivity contribution in [1.29, 1.82) is 0 Å². The number of carbonyl (C=O) groups is 1. The summed E-state index contributed by atoms with van der Waals surface area (Å²) in [6, 6.07) is 0.730. The fourth-order valence-corrected chi connectivity index (χ4v) is 2.06. The summed E-state index contributed by atoms with van der Waals surface area (Å²) in [5, 5.41) is 6.32. The zero-order valence-corrected chi connectivity index (χ0v) is 13.3. The van der Waals surface area contributed by atoms with Crippen LogP contribution in [0.25, 0.3) is 0 Å². The molecule has 1 aliphatic rings. The van der Waals surface area contributed by atoms with Crippen LogP contribution in [0.15, 0.2) is 0 Å². The minimum atomic E-state index is -0.429. The van der Waals surface area contributed by atoms with Gasteiger partial charge >= 0.3 is 6.09 Å². The molecule has 20 heavy (non-hydrogen) atoms. The van der Waals surface area contributed by atoms with Gasteiger partial charge in [-0.05, 0) is 40.0 Å². The highest BCUT2D eigenvalue weighted by molar-refractivity contribution is 5.68. The number of alkyl carbamates (subject to hydrolysis) is 1. The van der Waals surface area contributed by atoms with E-state index in [1.807, 2.05) is 20.8 Å². The van der Waals surface area contributed by atoms with Crippen LogP contribution in [0.3, 0.4) is 0 Å². The zero-order valence-electron chi connectivity index (χ0n) is 13.3. The minimum Gasteiger partial charge on any atom is -0.444 e. The predicted octanol–water partition coefficient (Wildman–Crippen LogP) is 2.45. The molecule has 0 spiro atoms. The maximum atomic E-state index is 11.6. The summed E-state index contributed by atoms with van der Waals surface area (Å²) in [6.45, 7) is 10.3. The van der Waals surface area contributed by atoms with Crippen molar-refractivity contribution in [3.05, 3.63) is 0 Å². The van der Waals surface area contributed by atoms with Gasteiger partial charge < -0.3 is 20.1 Å². The molecule has 118 valence electrons. The van der Waals surface area contributed by atoms with Gasteiger partial charge in [0, 0.05) is 25.2 Å². The van der Waals surface area contributed by atoms with Crippen LogP contribution in [-0.2, 0) is 9.47 Å². The van der Waals surface area contributed by atoms with Crippen LogP contribution in [0.1, 0.15) is 53.4 Å².